The van der Waals surface area contributed by atoms with Crippen LogP contribution in [0.25, 0.3) is 0 Å². The Bertz CT molecular complexity index is 650. The van der Waals surface area contributed by atoms with Crippen molar-refractivity contribution in [1.29, 1.82) is 0 Å². The zero-order valence-corrected chi connectivity index (χ0v) is 15.2. The number of carbonyl (C=O) groups is 2. The van der Waals surface area contributed by atoms with Gasteiger partial charge in [-0.05, 0) is 56.5 Å². The molecule has 3 fully saturated rings. The molecule has 2 saturated heterocycles. The number of piperazine rings is 1. The lowest BCUT2D eigenvalue weighted by Gasteiger charge is -2.35. The minimum Gasteiger partial charge on any atom is -0.352 e. The SMILES string of the molecule is O=C(NC1CC1)[C@H]1CNCCN1C(=O)c1ccc(CN2CCCC2)cc1. The van der Waals surface area contributed by atoms with E-state index in [4.69, 9.17) is 0 Å². The third kappa shape index (κ3) is 4.07. The Balaban J connectivity index is 1.41. The van der Waals surface area contributed by atoms with Gasteiger partial charge in [0.1, 0.15) is 6.04 Å². The first-order chi connectivity index (χ1) is 12.7. The fourth-order valence-electron chi connectivity index (χ4n) is 3.82. The van der Waals surface area contributed by atoms with Crippen molar-refractivity contribution in [1.82, 2.24) is 20.4 Å². The maximum Gasteiger partial charge on any atom is 0.254 e. The molecule has 4 rings (SSSR count). The Hall–Kier alpha value is -1.92. The third-order valence-corrected chi connectivity index (χ3v) is 5.54. The van der Waals surface area contributed by atoms with E-state index in [2.05, 4.69) is 15.5 Å². The van der Waals surface area contributed by atoms with Crippen LogP contribution in [0.4, 0.5) is 0 Å². The maximum absolute atomic E-state index is 13.0. The van der Waals surface area contributed by atoms with E-state index in [0.717, 1.165) is 25.9 Å². The predicted octanol–water partition coefficient (Wildman–Crippen LogP) is 0.975. The molecule has 1 saturated carbocycles. The Morgan fingerprint density at radius 2 is 1.81 bits per heavy atom. The molecular formula is C20H28N4O2. The number of likely N-dealkylation sites (tertiary alicyclic amines) is 1. The lowest BCUT2D eigenvalue weighted by atomic mass is 10.1. The summed E-state index contributed by atoms with van der Waals surface area (Å²) >= 11 is 0. The molecule has 2 heterocycles. The summed E-state index contributed by atoms with van der Waals surface area (Å²) in [5, 5.41) is 6.27. The van der Waals surface area contributed by atoms with E-state index in [1.54, 1.807) is 4.90 Å². The smallest absolute Gasteiger partial charge is 0.254 e. The highest BCUT2D eigenvalue weighted by Gasteiger charge is 2.35. The molecule has 1 aliphatic carbocycles. The summed E-state index contributed by atoms with van der Waals surface area (Å²) in [5.41, 5.74) is 1.91. The van der Waals surface area contributed by atoms with Crippen molar-refractivity contribution in [3.8, 4) is 0 Å². The number of benzene rings is 1. The van der Waals surface area contributed by atoms with Gasteiger partial charge in [-0.2, -0.15) is 0 Å². The first kappa shape index (κ1) is 17.5. The van der Waals surface area contributed by atoms with Gasteiger partial charge in [0, 0.05) is 37.8 Å². The quantitative estimate of drug-likeness (QED) is 0.825. The van der Waals surface area contributed by atoms with Crippen molar-refractivity contribution in [3.63, 3.8) is 0 Å². The molecule has 6 heteroatoms. The van der Waals surface area contributed by atoms with Gasteiger partial charge in [-0.15, -0.1) is 0 Å². The summed E-state index contributed by atoms with van der Waals surface area (Å²) in [5.74, 6) is -0.0751. The Morgan fingerprint density at radius 1 is 1.08 bits per heavy atom. The second-order valence-corrected chi connectivity index (χ2v) is 7.68. The summed E-state index contributed by atoms with van der Waals surface area (Å²) in [4.78, 5) is 29.6. The molecule has 26 heavy (non-hydrogen) atoms. The molecule has 0 unspecified atom stereocenters. The predicted molar refractivity (Wildman–Crippen MR) is 99.8 cm³/mol. The van der Waals surface area contributed by atoms with Crippen LogP contribution in [-0.2, 0) is 11.3 Å². The van der Waals surface area contributed by atoms with Gasteiger partial charge in [0.05, 0.1) is 0 Å². The highest BCUT2D eigenvalue weighted by Crippen LogP contribution is 2.20. The first-order valence-corrected chi connectivity index (χ1v) is 9.84. The minimum absolute atomic E-state index is 0.0290. The van der Waals surface area contributed by atoms with Gasteiger partial charge in [-0.25, -0.2) is 0 Å². The highest BCUT2D eigenvalue weighted by molar-refractivity contribution is 5.98. The molecule has 1 atom stereocenters. The lowest BCUT2D eigenvalue weighted by molar-refractivity contribution is -0.126. The highest BCUT2D eigenvalue weighted by atomic mass is 16.2. The molecular weight excluding hydrogens is 328 g/mol. The van der Waals surface area contributed by atoms with Crippen molar-refractivity contribution in [2.24, 2.45) is 0 Å². The number of hydrogen-bond acceptors (Lipinski definition) is 4. The molecule has 2 aliphatic heterocycles. The number of rotatable bonds is 5. The van der Waals surface area contributed by atoms with Gasteiger partial charge in [0.2, 0.25) is 5.91 Å². The second-order valence-electron chi connectivity index (χ2n) is 7.68. The largest absolute Gasteiger partial charge is 0.352 e. The van der Waals surface area contributed by atoms with E-state index < -0.39 is 6.04 Å². The number of nitrogens with zero attached hydrogens (tertiary/aromatic N) is 2. The van der Waals surface area contributed by atoms with E-state index in [-0.39, 0.29) is 11.8 Å². The number of hydrogen-bond donors (Lipinski definition) is 2. The van der Waals surface area contributed by atoms with E-state index in [9.17, 15) is 9.59 Å². The molecule has 140 valence electrons. The fraction of sp³-hybridized carbons (Fsp3) is 0.600. The number of nitrogens with one attached hydrogen (secondary N) is 2. The van der Waals surface area contributed by atoms with E-state index in [0.29, 0.717) is 24.7 Å². The van der Waals surface area contributed by atoms with Crippen LogP contribution in [0.15, 0.2) is 24.3 Å². The van der Waals surface area contributed by atoms with Crippen molar-refractivity contribution in [2.75, 3.05) is 32.7 Å². The lowest BCUT2D eigenvalue weighted by Crippen LogP contribution is -2.59. The van der Waals surface area contributed by atoms with Crippen LogP contribution < -0.4 is 10.6 Å². The van der Waals surface area contributed by atoms with Crippen LogP contribution in [-0.4, -0.2) is 66.4 Å². The molecule has 0 bridgehead atoms. The average Bonchev–Trinajstić information content (AvgIpc) is 3.34. The zero-order chi connectivity index (χ0) is 17.9. The zero-order valence-electron chi connectivity index (χ0n) is 15.2. The van der Waals surface area contributed by atoms with Crippen molar-refractivity contribution in [3.05, 3.63) is 35.4 Å². The summed E-state index contributed by atoms with van der Waals surface area (Å²) in [6, 6.07) is 7.81. The van der Waals surface area contributed by atoms with Crippen LogP contribution in [0.5, 0.6) is 0 Å². The topological polar surface area (TPSA) is 64.7 Å². The van der Waals surface area contributed by atoms with Gasteiger partial charge in [-0.1, -0.05) is 12.1 Å². The third-order valence-electron chi connectivity index (χ3n) is 5.54. The summed E-state index contributed by atoms with van der Waals surface area (Å²) in [6.45, 7) is 5.10. The van der Waals surface area contributed by atoms with Gasteiger partial charge >= 0.3 is 0 Å². The van der Waals surface area contributed by atoms with E-state index in [1.165, 1.54) is 31.5 Å². The van der Waals surface area contributed by atoms with Crippen LogP contribution >= 0.6 is 0 Å². The molecule has 6 nitrogen and oxygen atoms in total. The molecule has 0 radical (unpaired) electrons. The summed E-state index contributed by atoms with van der Waals surface area (Å²) in [7, 11) is 0. The minimum atomic E-state index is -0.416. The van der Waals surface area contributed by atoms with Crippen molar-refractivity contribution < 1.29 is 9.59 Å². The van der Waals surface area contributed by atoms with Gasteiger partial charge in [-0.3, -0.25) is 14.5 Å². The molecule has 1 aromatic carbocycles. The first-order valence-electron chi connectivity index (χ1n) is 9.84. The molecule has 0 aromatic heterocycles. The molecule has 2 amide bonds. The summed E-state index contributed by atoms with van der Waals surface area (Å²) < 4.78 is 0. The maximum atomic E-state index is 13.0. The second kappa shape index (κ2) is 7.76. The Morgan fingerprint density at radius 3 is 2.50 bits per heavy atom. The van der Waals surface area contributed by atoms with Crippen LogP contribution in [0.1, 0.15) is 41.6 Å². The monoisotopic (exact) mass is 356 g/mol. The van der Waals surface area contributed by atoms with Crippen LogP contribution in [0.2, 0.25) is 0 Å². The normalized spacial score (nSPS) is 23.8. The van der Waals surface area contributed by atoms with Crippen LogP contribution in [0, 0.1) is 0 Å². The van der Waals surface area contributed by atoms with Crippen LogP contribution in [0.3, 0.4) is 0 Å². The average molecular weight is 356 g/mol. The molecule has 1 aromatic rings. The standard InChI is InChI=1S/C20H28N4O2/c25-19(22-17-7-8-17)18-13-21-9-12-24(18)20(26)16-5-3-15(4-6-16)14-23-10-1-2-11-23/h3-6,17-18,21H,1-2,7-14H2,(H,22,25)/t18-/m1/s1. The molecule has 0 spiro atoms. The molecule has 3 aliphatic rings. The Kier molecular flexibility index (Phi) is 5.22. The molecule has 2 N–H and O–H groups in total. The fourth-order valence-corrected chi connectivity index (χ4v) is 3.82. The van der Waals surface area contributed by atoms with Crippen molar-refractivity contribution >= 4 is 11.8 Å². The van der Waals surface area contributed by atoms with Gasteiger partial charge in [0.25, 0.3) is 5.91 Å². The van der Waals surface area contributed by atoms with Gasteiger partial charge in [0.15, 0.2) is 0 Å². The number of carbonyl (C=O) groups excluding carboxylic acids is 2. The summed E-state index contributed by atoms with van der Waals surface area (Å²) in [6.07, 6.45) is 4.67. The van der Waals surface area contributed by atoms with E-state index >= 15 is 0 Å². The number of amides is 2. The van der Waals surface area contributed by atoms with Gasteiger partial charge < -0.3 is 15.5 Å². The Labute approximate surface area is 154 Å². The van der Waals surface area contributed by atoms with E-state index in [1.807, 2.05) is 24.3 Å². The van der Waals surface area contributed by atoms with Crippen molar-refractivity contribution in [2.45, 2.75) is 44.3 Å².